The van der Waals surface area contributed by atoms with E-state index in [-0.39, 0.29) is 18.2 Å². The summed E-state index contributed by atoms with van der Waals surface area (Å²) < 4.78 is 0. The highest BCUT2D eigenvalue weighted by Gasteiger charge is 2.23. The Labute approximate surface area is 142 Å². The van der Waals surface area contributed by atoms with E-state index in [0.717, 1.165) is 11.1 Å². The van der Waals surface area contributed by atoms with Crippen LogP contribution in [0.15, 0.2) is 60.7 Å². The molecule has 2 atom stereocenters. The molecule has 0 aliphatic rings. The SMILES string of the molecule is CC(NC(=O)CC(c1ccccc1)c1ccccc1)C(C)C(=O)O. The lowest BCUT2D eigenvalue weighted by Gasteiger charge is -2.21. The molecule has 0 fully saturated rings. The molecule has 0 heterocycles. The van der Waals surface area contributed by atoms with Crippen LogP contribution in [0.4, 0.5) is 0 Å². The first-order valence-corrected chi connectivity index (χ1v) is 8.11. The van der Waals surface area contributed by atoms with Crippen LogP contribution >= 0.6 is 0 Å². The van der Waals surface area contributed by atoms with Crippen molar-refractivity contribution in [2.24, 2.45) is 5.92 Å². The van der Waals surface area contributed by atoms with Crippen molar-refractivity contribution < 1.29 is 14.7 Å². The van der Waals surface area contributed by atoms with Crippen molar-refractivity contribution in [3.63, 3.8) is 0 Å². The van der Waals surface area contributed by atoms with Crippen LogP contribution < -0.4 is 5.32 Å². The molecule has 2 unspecified atom stereocenters. The average Bonchev–Trinajstić information content (AvgIpc) is 2.60. The number of aliphatic carboxylic acids is 1. The third-order valence-electron chi connectivity index (χ3n) is 4.32. The van der Waals surface area contributed by atoms with E-state index < -0.39 is 17.9 Å². The van der Waals surface area contributed by atoms with Crippen LogP contribution in [0, 0.1) is 5.92 Å². The molecule has 2 rings (SSSR count). The molecular formula is C20H23NO3. The highest BCUT2D eigenvalue weighted by Crippen LogP contribution is 2.27. The van der Waals surface area contributed by atoms with Crippen LogP contribution in [-0.4, -0.2) is 23.0 Å². The number of carbonyl (C=O) groups is 2. The van der Waals surface area contributed by atoms with E-state index in [1.54, 1.807) is 13.8 Å². The van der Waals surface area contributed by atoms with E-state index in [4.69, 9.17) is 5.11 Å². The van der Waals surface area contributed by atoms with Gasteiger partial charge in [0.05, 0.1) is 5.92 Å². The van der Waals surface area contributed by atoms with Gasteiger partial charge in [-0.3, -0.25) is 9.59 Å². The van der Waals surface area contributed by atoms with Gasteiger partial charge in [-0.1, -0.05) is 60.7 Å². The Morgan fingerprint density at radius 3 is 1.79 bits per heavy atom. The molecule has 4 heteroatoms. The van der Waals surface area contributed by atoms with Crippen molar-refractivity contribution in [1.82, 2.24) is 5.32 Å². The van der Waals surface area contributed by atoms with Gasteiger partial charge < -0.3 is 10.4 Å². The van der Waals surface area contributed by atoms with Crippen molar-refractivity contribution in [1.29, 1.82) is 0 Å². The van der Waals surface area contributed by atoms with E-state index in [1.165, 1.54) is 0 Å². The summed E-state index contributed by atoms with van der Waals surface area (Å²) in [7, 11) is 0. The van der Waals surface area contributed by atoms with Crippen LogP contribution in [0.1, 0.15) is 37.3 Å². The van der Waals surface area contributed by atoms with Gasteiger partial charge in [0, 0.05) is 18.4 Å². The Balaban J connectivity index is 2.14. The molecule has 4 nitrogen and oxygen atoms in total. The number of carbonyl (C=O) groups excluding carboxylic acids is 1. The van der Waals surface area contributed by atoms with Crippen LogP contribution in [0.25, 0.3) is 0 Å². The molecule has 2 aromatic rings. The molecule has 126 valence electrons. The summed E-state index contributed by atoms with van der Waals surface area (Å²) in [6, 6.07) is 19.3. The molecule has 2 N–H and O–H groups in total. The number of carboxylic acids is 1. The number of amides is 1. The molecule has 0 aliphatic heterocycles. The minimum atomic E-state index is -0.912. The Morgan fingerprint density at radius 1 is 0.917 bits per heavy atom. The minimum absolute atomic E-state index is 0.0558. The summed E-state index contributed by atoms with van der Waals surface area (Å²) in [5, 5.41) is 11.9. The normalized spacial score (nSPS) is 13.3. The van der Waals surface area contributed by atoms with Crippen molar-refractivity contribution in [2.75, 3.05) is 0 Å². The predicted octanol–water partition coefficient (Wildman–Crippen LogP) is 3.43. The summed E-state index contributed by atoms with van der Waals surface area (Å²) in [6.45, 7) is 3.32. The van der Waals surface area contributed by atoms with Gasteiger partial charge in [0.25, 0.3) is 0 Å². The van der Waals surface area contributed by atoms with Crippen molar-refractivity contribution in [2.45, 2.75) is 32.2 Å². The Morgan fingerprint density at radius 2 is 1.38 bits per heavy atom. The summed E-state index contributed by atoms with van der Waals surface area (Å²) in [5.74, 6) is -1.74. The third-order valence-corrected chi connectivity index (χ3v) is 4.32. The lowest BCUT2D eigenvalue weighted by atomic mass is 9.88. The molecule has 0 bridgehead atoms. The van der Waals surface area contributed by atoms with E-state index in [9.17, 15) is 9.59 Å². The zero-order valence-corrected chi connectivity index (χ0v) is 14.0. The van der Waals surface area contributed by atoms with Gasteiger partial charge >= 0.3 is 5.97 Å². The Hall–Kier alpha value is -2.62. The van der Waals surface area contributed by atoms with E-state index in [2.05, 4.69) is 5.32 Å². The summed E-state index contributed by atoms with van der Waals surface area (Å²) in [5.41, 5.74) is 2.13. The maximum atomic E-state index is 12.4. The van der Waals surface area contributed by atoms with E-state index >= 15 is 0 Å². The van der Waals surface area contributed by atoms with Crippen molar-refractivity contribution in [3.8, 4) is 0 Å². The van der Waals surface area contributed by atoms with E-state index in [0.29, 0.717) is 0 Å². The number of hydrogen-bond acceptors (Lipinski definition) is 2. The number of hydrogen-bond donors (Lipinski definition) is 2. The zero-order chi connectivity index (χ0) is 17.5. The van der Waals surface area contributed by atoms with Crippen LogP contribution in [0.3, 0.4) is 0 Å². The minimum Gasteiger partial charge on any atom is -0.481 e. The second-order valence-electron chi connectivity index (χ2n) is 6.06. The molecule has 0 aromatic heterocycles. The van der Waals surface area contributed by atoms with Crippen LogP contribution in [0.5, 0.6) is 0 Å². The number of benzene rings is 2. The van der Waals surface area contributed by atoms with Crippen molar-refractivity contribution in [3.05, 3.63) is 71.8 Å². The Bertz CT molecular complexity index is 630. The smallest absolute Gasteiger partial charge is 0.308 e. The molecule has 1 amide bonds. The average molecular weight is 325 g/mol. The fraction of sp³-hybridized carbons (Fsp3) is 0.300. The third kappa shape index (κ3) is 4.69. The lowest BCUT2D eigenvalue weighted by molar-refractivity contribution is -0.142. The highest BCUT2D eigenvalue weighted by molar-refractivity contribution is 5.79. The molecule has 0 saturated carbocycles. The number of rotatable bonds is 7. The topological polar surface area (TPSA) is 66.4 Å². The lowest BCUT2D eigenvalue weighted by Crippen LogP contribution is -2.40. The summed E-state index contributed by atoms with van der Waals surface area (Å²) in [4.78, 5) is 23.5. The van der Waals surface area contributed by atoms with Crippen LogP contribution in [-0.2, 0) is 9.59 Å². The summed E-state index contributed by atoms with van der Waals surface area (Å²) in [6.07, 6.45) is 0.282. The largest absolute Gasteiger partial charge is 0.481 e. The Kier molecular flexibility index (Phi) is 6.13. The van der Waals surface area contributed by atoms with Gasteiger partial charge in [-0.05, 0) is 25.0 Å². The van der Waals surface area contributed by atoms with Gasteiger partial charge in [-0.2, -0.15) is 0 Å². The van der Waals surface area contributed by atoms with Crippen molar-refractivity contribution >= 4 is 11.9 Å². The first kappa shape index (κ1) is 17.7. The molecule has 0 saturated heterocycles. The maximum absolute atomic E-state index is 12.4. The molecular weight excluding hydrogens is 302 g/mol. The first-order valence-electron chi connectivity index (χ1n) is 8.11. The van der Waals surface area contributed by atoms with Gasteiger partial charge in [-0.15, -0.1) is 0 Å². The fourth-order valence-electron chi connectivity index (χ4n) is 2.64. The summed E-state index contributed by atoms with van der Waals surface area (Å²) >= 11 is 0. The maximum Gasteiger partial charge on any atom is 0.308 e. The monoisotopic (exact) mass is 325 g/mol. The van der Waals surface area contributed by atoms with E-state index in [1.807, 2.05) is 60.7 Å². The fourth-order valence-corrected chi connectivity index (χ4v) is 2.64. The second-order valence-corrected chi connectivity index (χ2v) is 6.06. The van der Waals surface area contributed by atoms with Gasteiger partial charge in [0.1, 0.15) is 0 Å². The molecule has 24 heavy (non-hydrogen) atoms. The number of carboxylic acid groups (broad SMARTS) is 1. The first-order chi connectivity index (χ1) is 11.5. The van der Waals surface area contributed by atoms with Gasteiger partial charge in [-0.25, -0.2) is 0 Å². The van der Waals surface area contributed by atoms with Gasteiger partial charge in [0.2, 0.25) is 5.91 Å². The number of nitrogens with one attached hydrogen (secondary N) is 1. The molecule has 0 spiro atoms. The standard InChI is InChI=1S/C20H23NO3/c1-14(20(23)24)15(2)21-19(22)13-18(16-9-5-3-6-10-16)17-11-7-4-8-12-17/h3-12,14-15,18H,13H2,1-2H3,(H,21,22)(H,23,24). The second kappa shape index (κ2) is 8.29. The molecule has 0 radical (unpaired) electrons. The quantitative estimate of drug-likeness (QED) is 0.819. The molecule has 2 aromatic carbocycles. The predicted molar refractivity (Wildman–Crippen MR) is 93.7 cm³/mol. The zero-order valence-electron chi connectivity index (χ0n) is 14.0. The molecule has 0 aliphatic carbocycles. The van der Waals surface area contributed by atoms with Gasteiger partial charge in [0.15, 0.2) is 0 Å². The highest BCUT2D eigenvalue weighted by atomic mass is 16.4. The van der Waals surface area contributed by atoms with Crippen LogP contribution in [0.2, 0.25) is 0 Å².